The van der Waals surface area contributed by atoms with E-state index in [2.05, 4.69) is 57.1 Å². The van der Waals surface area contributed by atoms with Gasteiger partial charge in [-0.3, -0.25) is 4.79 Å². The van der Waals surface area contributed by atoms with E-state index in [1.807, 2.05) is 29.2 Å². The van der Waals surface area contributed by atoms with Crippen LogP contribution in [0.5, 0.6) is 11.5 Å². The van der Waals surface area contributed by atoms with E-state index in [4.69, 9.17) is 9.47 Å². The maximum Gasteiger partial charge on any atom is 0.265 e. The molecular weight excluding hydrogens is 482 g/mol. The average molecular weight is 518 g/mol. The minimum absolute atomic E-state index is 0.0332. The quantitative estimate of drug-likeness (QED) is 0.199. The highest BCUT2D eigenvalue weighted by molar-refractivity contribution is 6.04. The van der Waals surface area contributed by atoms with E-state index < -0.39 is 0 Å². The van der Waals surface area contributed by atoms with Crippen LogP contribution < -0.4 is 14.9 Å². The number of anilines is 1. The van der Waals surface area contributed by atoms with Gasteiger partial charge in [0.2, 0.25) is 0 Å². The van der Waals surface area contributed by atoms with Crippen molar-refractivity contribution in [1.82, 2.24) is 24.6 Å². The Morgan fingerprint density at radius 2 is 1.84 bits per heavy atom. The van der Waals surface area contributed by atoms with E-state index in [9.17, 15) is 4.79 Å². The highest BCUT2D eigenvalue weighted by atomic mass is 16.5. The van der Waals surface area contributed by atoms with Gasteiger partial charge in [0.1, 0.15) is 5.52 Å². The number of nitrogens with one attached hydrogen (secondary N) is 1. The van der Waals surface area contributed by atoms with Gasteiger partial charge in [-0.15, -0.1) is 10.2 Å². The second kappa shape index (κ2) is 12.8. The number of aryl methyl sites for hydroxylation is 1. The molecule has 2 aromatic heterocycles. The first kappa shape index (κ1) is 26.8. The Balaban J connectivity index is 1.45. The first-order valence-corrected chi connectivity index (χ1v) is 13.1. The SMILES string of the molecule is CCCN(CCC)C(=O)COc1ccc(/C=N/Nc2nnc3c4ccccc4n(CCC)c3n2)cc1OC. The number of hydrogen-bond acceptors (Lipinski definition) is 8. The highest BCUT2D eigenvalue weighted by Gasteiger charge is 2.15. The number of hydrazone groups is 1. The molecule has 1 amide bonds. The lowest BCUT2D eigenvalue weighted by Gasteiger charge is -2.21. The van der Waals surface area contributed by atoms with Crippen LogP contribution in [-0.4, -0.2) is 63.6 Å². The standard InChI is InChI=1S/C28H35N7O3/c1-5-14-34(15-6-2)25(36)19-38-23-13-12-20(17-24(23)37-4)18-29-32-28-30-27-26(31-33-28)21-10-8-9-11-22(21)35(27)16-7-3/h8-13,17-18H,5-7,14-16,19H2,1-4H3,(H,30,32,33)/b29-18+. The Labute approximate surface area is 222 Å². The van der Waals surface area contributed by atoms with Crippen LogP contribution in [0.2, 0.25) is 0 Å². The number of nitrogens with zero attached hydrogens (tertiary/aromatic N) is 6. The first-order valence-electron chi connectivity index (χ1n) is 13.1. The summed E-state index contributed by atoms with van der Waals surface area (Å²) in [6.07, 6.45) is 4.43. The minimum Gasteiger partial charge on any atom is -0.493 e. The fourth-order valence-corrected chi connectivity index (χ4v) is 4.38. The van der Waals surface area contributed by atoms with Gasteiger partial charge in [-0.25, -0.2) is 5.43 Å². The maximum atomic E-state index is 12.5. The smallest absolute Gasteiger partial charge is 0.265 e. The summed E-state index contributed by atoms with van der Waals surface area (Å²) >= 11 is 0. The maximum absolute atomic E-state index is 12.5. The second-order valence-corrected chi connectivity index (χ2v) is 8.93. The summed E-state index contributed by atoms with van der Waals surface area (Å²) in [6.45, 7) is 8.50. The van der Waals surface area contributed by atoms with Crippen LogP contribution >= 0.6 is 0 Å². The van der Waals surface area contributed by atoms with E-state index in [0.29, 0.717) is 17.4 Å². The molecule has 0 spiro atoms. The number of aromatic nitrogens is 4. The van der Waals surface area contributed by atoms with Crippen molar-refractivity contribution in [3.05, 3.63) is 48.0 Å². The Hall–Kier alpha value is -4.21. The molecule has 0 aliphatic heterocycles. The van der Waals surface area contributed by atoms with Gasteiger partial charge in [0.25, 0.3) is 11.9 Å². The van der Waals surface area contributed by atoms with Gasteiger partial charge in [-0.05, 0) is 49.1 Å². The fourth-order valence-electron chi connectivity index (χ4n) is 4.38. The number of rotatable bonds is 13. The molecule has 0 aliphatic carbocycles. The van der Waals surface area contributed by atoms with Gasteiger partial charge in [0, 0.05) is 25.0 Å². The summed E-state index contributed by atoms with van der Waals surface area (Å²) in [4.78, 5) is 19.0. The monoisotopic (exact) mass is 517 g/mol. The molecule has 0 saturated carbocycles. The zero-order valence-electron chi connectivity index (χ0n) is 22.5. The molecular formula is C28H35N7O3. The number of carbonyl (C=O) groups excluding carboxylic acids is 1. The van der Waals surface area contributed by atoms with Gasteiger partial charge < -0.3 is 18.9 Å². The van der Waals surface area contributed by atoms with Gasteiger partial charge >= 0.3 is 0 Å². The number of para-hydroxylation sites is 1. The zero-order valence-corrected chi connectivity index (χ0v) is 22.5. The summed E-state index contributed by atoms with van der Waals surface area (Å²) in [5, 5.41) is 13.9. The van der Waals surface area contributed by atoms with E-state index in [0.717, 1.165) is 66.5 Å². The van der Waals surface area contributed by atoms with E-state index >= 15 is 0 Å². The Morgan fingerprint density at radius 3 is 2.58 bits per heavy atom. The van der Waals surface area contributed by atoms with Crippen molar-refractivity contribution in [2.75, 3.05) is 32.2 Å². The second-order valence-electron chi connectivity index (χ2n) is 8.93. The predicted molar refractivity (Wildman–Crippen MR) is 150 cm³/mol. The van der Waals surface area contributed by atoms with Crippen LogP contribution in [0.1, 0.15) is 45.6 Å². The lowest BCUT2D eigenvalue weighted by atomic mass is 10.2. The molecule has 4 rings (SSSR count). The van der Waals surface area contributed by atoms with Crippen LogP contribution in [0.15, 0.2) is 47.6 Å². The number of ether oxygens (including phenoxy) is 2. The number of amides is 1. The van der Waals surface area contributed by atoms with E-state index in [1.165, 1.54) is 0 Å². The Kier molecular flexibility index (Phi) is 9.07. The number of hydrogen-bond donors (Lipinski definition) is 1. The molecule has 0 radical (unpaired) electrons. The number of benzene rings is 2. The molecule has 0 unspecified atom stereocenters. The first-order chi connectivity index (χ1) is 18.6. The molecule has 2 heterocycles. The van der Waals surface area contributed by atoms with Gasteiger partial charge in [0.15, 0.2) is 23.8 Å². The van der Waals surface area contributed by atoms with E-state index in [1.54, 1.807) is 25.5 Å². The van der Waals surface area contributed by atoms with Crippen molar-refractivity contribution in [1.29, 1.82) is 0 Å². The Bertz CT molecular complexity index is 1410. The Morgan fingerprint density at radius 1 is 1.05 bits per heavy atom. The molecule has 10 heteroatoms. The normalized spacial score (nSPS) is 11.4. The van der Waals surface area contributed by atoms with Crippen LogP contribution in [0.3, 0.4) is 0 Å². The minimum atomic E-state index is -0.0348. The summed E-state index contributed by atoms with van der Waals surface area (Å²) in [5.41, 5.74) is 6.29. The van der Waals surface area contributed by atoms with Crippen LogP contribution in [-0.2, 0) is 11.3 Å². The topological polar surface area (TPSA) is 107 Å². The molecule has 2 aromatic carbocycles. The van der Waals surface area contributed by atoms with Crippen molar-refractivity contribution in [2.45, 2.75) is 46.6 Å². The number of fused-ring (bicyclic) bond motifs is 3. The molecule has 38 heavy (non-hydrogen) atoms. The molecule has 10 nitrogen and oxygen atoms in total. The highest BCUT2D eigenvalue weighted by Crippen LogP contribution is 2.28. The summed E-state index contributed by atoms with van der Waals surface area (Å²) < 4.78 is 13.4. The van der Waals surface area contributed by atoms with Crippen molar-refractivity contribution in [3.63, 3.8) is 0 Å². The third-order valence-corrected chi connectivity index (χ3v) is 6.08. The van der Waals surface area contributed by atoms with Crippen molar-refractivity contribution in [2.24, 2.45) is 5.10 Å². The average Bonchev–Trinajstić information content (AvgIpc) is 3.25. The van der Waals surface area contributed by atoms with E-state index in [-0.39, 0.29) is 12.5 Å². The third-order valence-electron chi connectivity index (χ3n) is 6.08. The molecule has 4 aromatic rings. The molecule has 0 atom stereocenters. The van der Waals surface area contributed by atoms with Crippen molar-refractivity contribution < 1.29 is 14.3 Å². The lowest BCUT2D eigenvalue weighted by Crippen LogP contribution is -2.36. The van der Waals surface area contributed by atoms with Crippen LogP contribution in [0, 0.1) is 0 Å². The zero-order chi connectivity index (χ0) is 26.9. The number of carbonyl (C=O) groups is 1. The molecule has 0 aliphatic rings. The molecule has 0 saturated heterocycles. The third kappa shape index (κ3) is 6.01. The molecule has 0 fully saturated rings. The number of methoxy groups -OCH3 is 1. The predicted octanol–water partition coefficient (Wildman–Crippen LogP) is 4.87. The van der Waals surface area contributed by atoms with Gasteiger partial charge in [0.05, 0.1) is 18.8 Å². The molecule has 0 bridgehead atoms. The van der Waals surface area contributed by atoms with Crippen molar-refractivity contribution in [3.8, 4) is 11.5 Å². The van der Waals surface area contributed by atoms with Crippen LogP contribution in [0.25, 0.3) is 22.1 Å². The van der Waals surface area contributed by atoms with Gasteiger partial charge in [-0.2, -0.15) is 10.1 Å². The summed E-state index contributed by atoms with van der Waals surface area (Å²) in [5.74, 6) is 1.29. The van der Waals surface area contributed by atoms with Crippen molar-refractivity contribution >= 4 is 40.1 Å². The fraction of sp³-hybridized carbons (Fsp3) is 0.393. The molecule has 1 N–H and O–H groups in total. The van der Waals surface area contributed by atoms with Crippen LogP contribution in [0.4, 0.5) is 5.95 Å². The summed E-state index contributed by atoms with van der Waals surface area (Å²) in [7, 11) is 1.56. The molecule has 200 valence electrons. The largest absolute Gasteiger partial charge is 0.493 e. The summed E-state index contributed by atoms with van der Waals surface area (Å²) in [6, 6.07) is 13.5. The van der Waals surface area contributed by atoms with Gasteiger partial charge in [-0.1, -0.05) is 39.0 Å². The lowest BCUT2D eigenvalue weighted by molar-refractivity contribution is -0.133.